The van der Waals surface area contributed by atoms with Gasteiger partial charge in [0, 0.05) is 24.8 Å². The van der Waals surface area contributed by atoms with Gasteiger partial charge in [-0.15, -0.1) is 0 Å². The number of carbonyl (C=O) groups is 2. The minimum atomic E-state index is -0.991. The number of anilines is 2. The molecule has 0 heterocycles. The molecule has 1 amide bonds. The molecule has 26 heavy (non-hydrogen) atoms. The van der Waals surface area contributed by atoms with E-state index in [0.717, 1.165) is 5.69 Å². The van der Waals surface area contributed by atoms with Crippen molar-refractivity contribution in [3.05, 3.63) is 53.1 Å². The third-order valence-electron chi connectivity index (χ3n) is 3.67. The Labute approximate surface area is 157 Å². The van der Waals surface area contributed by atoms with E-state index in [-0.39, 0.29) is 0 Å². The molecule has 0 unspecified atom stereocenters. The van der Waals surface area contributed by atoms with Crippen LogP contribution in [-0.2, 0) is 9.53 Å². The van der Waals surface area contributed by atoms with Crippen LogP contribution in [0.15, 0.2) is 42.5 Å². The monoisotopic (exact) mass is 376 g/mol. The Balaban J connectivity index is 2.06. The number of rotatable bonds is 6. The normalized spacial score (nSPS) is 11.4. The molecular formula is C19H21ClN2O4. The molecule has 1 atom stereocenters. The largest absolute Gasteiger partial charge is 0.495 e. The van der Waals surface area contributed by atoms with E-state index in [0.29, 0.717) is 22.0 Å². The standard InChI is InChI=1S/C19H21ClN2O4/c1-12(18(23)21-16-11-14(20)8-9-17(16)25-4)26-19(24)13-6-5-7-15(10-13)22(2)3/h5-12H,1-4H3,(H,21,23)/t12-/m1/s1. The average Bonchev–Trinajstić information content (AvgIpc) is 2.61. The highest BCUT2D eigenvalue weighted by Crippen LogP contribution is 2.28. The van der Waals surface area contributed by atoms with Crippen molar-refractivity contribution in [2.75, 3.05) is 31.4 Å². The maximum atomic E-state index is 12.3. The molecule has 0 saturated heterocycles. The molecule has 138 valence electrons. The summed E-state index contributed by atoms with van der Waals surface area (Å²) in [6.45, 7) is 1.50. The van der Waals surface area contributed by atoms with Crippen LogP contribution in [-0.4, -0.2) is 39.2 Å². The third-order valence-corrected chi connectivity index (χ3v) is 3.91. The summed E-state index contributed by atoms with van der Waals surface area (Å²) in [5.41, 5.74) is 1.64. The first-order valence-corrected chi connectivity index (χ1v) is 8.32. The summed E-state index contributed by atoms with van der Waals surface area (Å²) < 4.78 is 10.4. The van der Waals surface area contributed by atoms with Crippen molar-refractivity contribution >= 4 is 34.9 Å². The van der Waals surface area contributed by atoms with Crippen molar-refractivity contribution in [2.45, 2.75) is 13.0 Å². The summed E-state index contributed by atoms with van der Waals surface area (Å²) in [5, 5.41) is 3.10. The summed E-state index contributed by atoms with van der Waals surface area (Å²) in [7, 11) is 5.23. The first-order chi connectivity index (χ1) is 12.3. The van der Waals surface area contributed by atoms with Gasteiger partial charge in [0.2, 0.25) is 0 Å². The summed E-state index contributed by atoms with van der Waals surface area (Å²) in [4.78, 5) is 26.5. The molecule has 0 spiro atoms. The van der Waals surface area contributed by atoms with E-state index in [1.54, 1.807) is 36.4 Å². The number of ether oxygens (including phenoxy) is 2. The van der Waals surface area contributed by atoms with Crippen molar-refractivity contribution in [3.63, 3.8) is 0 Å². The van der Waals surface area contributed by atoms with Crippen molar-refractivity contribution in [1.82, 2.24) is 0 Å². The van der Waals surface area contributed by atoms with Gasteiger partial charge in [-0.05, 0) is 43.3 Å². The molecule has 0 saturated carbocycles. The lowest BCUT2D eigenvalue weighted by Crippen LogP contribution is -2.30. The van der Waals surface area contributed by atoms with Crippen LogP contribution >= 0.6 is 11.6 Å². The van der Waals surface area contributed by atoms with Crippen molar-refractivity contribution in [2.24, 2.45) is 0 Å². The second-order valence-electron chi connectivity index (χ2n) is 5.83. The molecule has 1 N–H and O–H groups in total. The highest BCUT2D eigenvalue weighted by atomic mass is 35.5. The second-order valence-corrected chi connectivity index (χ2v) is 6.26. The number of esters is 1. The molecule has 0 aliphatic rings. The highest BCUT2D eigenvalue weighted by Gasteiger charge is 2.20. The number of amides is 1. The number of hydrogen-bond acceptors (Lipinski definition) is 5. The van der Waals surface area contributed by atoms with Crippen LogP contribution in [0.1, 0.15) is 17.3 Å². The van der Waals surface area contributed by atoms with E-state index in [9.17, 15) is 9.59 Å². The summed E-state index contributed by atoms with van der Waals surface area (Å²) in [5.74, 6) is -0.600. The molecule has 0 aromatic heterocycles. The number of nitrogens with one attached hydrogen (secondary N) is 1. The van der Waals surface area contributed by atoms with Crippen LogP contribution in [0.5, 0.6) is 5.75 Å². The first-order valence-electron chi connectivity index (χ1n) is 7.94. The minimum Gasteiger partial charge on any atom is -0.495 e. The zero-order valence-electron chi connectivity index (χ0n) is 15.1. The lowest BCUT2D eigenvalue weighted by Gasteiger charge is -2.16. The Hall–Kier alpha value is -2.73. The molecular weight excluding hydrogens is 356 g/mol. The maximum Gasteiger partial charge on any atom is 0.338 e. The summed E-state index contributed by atoms with van der Waals surface area (Å²) >= 11 is 5.95. The van der Waals surface area contributed by atoms with Gasteiger partial charge < -0.3 is 19.7 Å². The van der Waals surface area contributed by atoms with Crippen molar-refractivity contribution < 1.29 is 19.1 Å². The molecule has 0 radical (unpaired) electrons. The van der Waals surface area contributed by atoms with E-state index >= 15 is 0 Å². The van der Waals surface area contributed by atoms with Gasteiger partial charge in [-0.3, -0.25) is 4.79 Å². The first kappa shape index (κ1) is 19.6. The Kier molecular flexibility index (Phi) is 6.46. The van der Waals surface area contributed by atoms with Crippen LogP contribution in [0.25, 0.3) is 0 Å². The molecule has 2 aromatic carbocycles. The smallest absolute Gasteiger partial charge is 0.338 e. The van der Waals surface area contributed by atoms with Gasteiger partial charge >= 0.3 is 5.97 Å². The van der Waals surface area contributed by atoms with E-state index in [1.165, 1.54) is 14.0 Å². The minimum absolute atomic E-state index is 0.371. The number of halogens is 1. The van der Waals surface area contributed by atoms with Crippen LogP contribution in [0.2, 0.25) is 5.02 Å². The van der Waals surface area contributed by atoms with E-state index in [2.05, 4.69) is 5.32 Å². The SMILES string of the molecule is COc1ccc(Cl)cc1NC(=O)[C@@H](C)OC(=O)c1cccc(N(C)C)c1. The average molecular weight is 377 g/mol. The number of hydrogen-bond donors (Lipinski definition) is 1. The Morgan fingerprint density at radius 1 is 1.15 bits per heavy atom. The molecule has 7 heteroatoms. The van der Waals surface area contributed by atoms with Crippen LogP contribution in [0.3, 0.4) is 0 Å². The number of benzene rings is 2. The maximum absolute atomic E-state index is 12.3. The fourth-order valence-corrected chi connectivity index (χ4v) is 2.38. The Morgan fingerprint density at radius 2 is 1.88 bits per heavy atom. The van der Waals surface area contributed by atoms with Gasteiger partial charge in [0.1, 0.15) is 5.75 Å². The Bertz CT molecular complexity index is 808. The van der Waals surface area contributed by atoms with Gasteiger partial charge in [-0.1, -0.05) is 17.7 Å². The fourth-order valence-electron chi connectivity index (χ4n) is 2.21. The van der Waals surface area contributed by atoms with E-state index < -0.39 is 18.0 Å². The molecule has 2 rings (SSSR count). The van der Waals surface area contributed by atoms with Gasteiger partial charge in [-0.25, -0.2) is 4.79 Å². The molecule has 0 aliphatic heterocycles. The predicted octanol–water partition coefficient (Wildman–Crippen LogP) is 3.60. The summed E-state index contributed by atoms with van der Waals surface area (Å²) in [6, 6.07) is 11.8. The van der Waals surface area contributed by atoms with Crippen LogP contribution in [0.4, 0.5) is 11.4 Å². The number of carbonyl (C=O) groups excluding carboxylic acids is 2. The van der Waals surface area contributed by atoms with Gasteiger partial charge in [0.25, 0.3) is 5.91 Å². The van der Waals surface area contributed by atoms with Gasteiger partial charge in [0.15, 0.2) is 6.10 Å². The van der Waals surface area contributed by atoms with Crippen molar-refractivity contribution in [3.8, 4) is 5.75 Å². The van der Waals surface area contributed by atoms with E-state index in [4.69, 9.17) is 21.1 Å². The number of methoxy groups -OCH3 is 1. The zero-order valence-corrected chi connectivity index (χ0v) is 15.8. The Morgan fingerprint density at radius 3 is 2.54 bits per heavy atom. The quantitative estimate of drug-likeness (QED) is 0.780. The van der Waals surface area contributed by atoms with Crippen molar-refractivity contribution in [1.29, 1.82) is 0 Å². The summed E-state index contributed by atoms with van der Waals surface area (Å²) in [6.07, 6.45) is -0.991. The van der Waals surface area contributed by atoms with Gasteiger partial charge in [0.05, 0.1) is 18.4 Å². The zero-order chi connectivity index (χ0) is 19.3. The lowest BCUT2D eigenvalue weighted by molar-refractivity contribution is -0.123. The molecule has 0 fully saturated rings. The lowest BCUT2D eigenvalue weighted by atomic mass is 10.2. The molecule has 0 aliphatic carbocycles. The second kappa shape index (κ2) is 8.58. The van der Waals surface area contributed by atoms with Crippen LogP contribution in [0, 0.1) is 0 Å². The molecule has 6 nitrogen and oxygen atoms in total. The number of nitrogens with zero attached hydrogens (tertiary/aromatic N) is 1. The molecule has 0 bridgehead atoms. The van der Waals surface area contributed by atoms with Gasteiger partial charge in [-0.2, -0.15) is 0 Å². The predicted molar refractivity (Wildman–Crippen MR) is 102 cm³/mol. The van der Waals surface area contributed by atoms with Crippen LogP contribution < -0.4 is 15.0 Å². The third kappa shape index (κ3) is 4.89. The molecule has 2 aromatic rings. The fraction of sp³-hybridized carbons (Fsp3) is 0.263. The topological polar surface area (TPSA) is 67.9 Å². The van der Waals surface area contributed by atoms with E-state index in [1.807, 2.05) is 25.1 Å². The highest BCUT2D eigenvalue weighted by molar-refractivity contribution is 6.31.